The molecule has 0 saturated heterocycles. The molecule has 3 aromatic rings. The lowest BCUT2D eigenvalue weighted by Gasteiger charge is -2.16. The molecule has 0 fully saturated rings. The van der Waals surface area contributed by atoms with E-state index in [0.717, 1.165) is 0 Å². The molecule has 0 saturated carbocycles. The molecule has 0 spiro atoms. The molecule has 2 aromatic heterocycles. The van der Waals surface area contributed by atoms with Gasteiger partial charge in [0.1, 0.15) is 12.1 Å². The Balaban J connectivity index is 2.13. The predicted molar refractivity (Wildman–Crippen MR) is 139 cm³/mol. The van der Waals surface area contributed by atoms with Gasteiger partial charge in [0, 0.05) is 33.4 Å². The molecular weight excluding hydrogens is 608 g/mol. The standard InChI is InChI=1S/C28F4N14/c1-38-12(7-36)19-15-11(6-35)17-16(9(4-33)14(15)10(5-34)18(19)23-41-25(29)45-26(30)42-23)20(13(8-37)39-2)21(22(17)40-3)24-43-27(31)46-28(32)44-24/b19-12+,20-13-. The van der Waals surface area contributed by atoms with Crippen molar-refractivity contribution in [3.63, 3.8) is 0 Å². The van der Waals surface area contributed by atoms with Crippen LogP contribution in [0, 0.1) is 101 Å². The minimum atomic E-state index is -1.67. The predicted octanol–water partition coefficient (Wildman–Crippen LogP) is 3.91. The van der Waals surface area contributed by atoms with Gasteiger partial charge in [0.25, 0.3) is 11.4 Å². The van der Waals surface area contributed by atoms with Crippen LogP contribution in [0.25, 0.3) is 48.1 Å². The normalized spacial score (nSPS) is 14.7. The van der Waals surface area contributed by atoms with Gasteiger partial charge in [0.05, 0.1) is 54.6 Å². The highest BCUT2D eigenvalue weighted by Gasteiger charge is 2.44. The summed E-state index contributed by atoms with van der Waals surface area (Å²) in [6.07, 6.45) is -6.69. The van der Waals surface area contributed by atoms with Gasteiger partial charge in [-0.2, -0.15) is 63.3 Å². The van der Waals surface area contributed by atoms with Gasteiger partial charge < -0.3 is 0 Å². The lowest BCUT2D eigenvalue weighted by Crippen LogP contribution is -2.06. The molecule has 46 heavy (non-hydrogen) atoms. The Hall–Kier alpha value is -8.16. The van der Waals surface area contributed by atoms with E-state index in [9.17, 15) is 43.9 Å². The zero-order valence-corrected chi connectivity index (χ0v) is 21.8. The van der Waals surface area contributed by atoms with Crippen LogP contribution in [0.1, 0.15) is 45.0 Å². The highest BCUT2D eigenvalue weighted by molar-refractivity contribution is 6.30. The Morgan fingerprint density at radius 3 is 1.35 bits per heavy atom. The summed E-state index contributed by atoms with van der Waals surface area (Å²) in [5, 5.41) is 50.9. The number of aromatic nitrogens is 6. The Morgan fingerprint density at radius 2 is 0.957 bits per heavy atom. The summed E-state index contributed by atoms with van der Waals surface area (Å²) in [5.74, 6) is -1.82. The highest BCUT2D eigenvalue weighted by Crippen LogP contribution is 2.57. The summed E-state index contributed by atoms with van der Waals surface area (Å²) in [4.78, 5) is 28.5. The smallest absolute Gasteiger partial charge is 0.237 e. The average Bonchev–Trinajstić information content (AvgIpc) is 3.54. The monoisotopic (exact) mass is 608 g/mol. The zero-order chi connectivity index (χ0) is 33.4. The van der Waals surface area contributed by atoms with Crippen molar-refractivity contribution in [2.45, 2.75) is 0 Å². The minimum absolute atomic E-state index is 0.518. The van der Waals surface area contributed by atoms with Crippen molar-refractivity contribution in [3.8, 4) is 30.3 Å². The van der Waals surface area contributed by atoms with Crippen LogP contribution < -0.4 is 0 Å². The Labute approximate surface area is 252 Å². The van der Waals surface area contributed by atoms with E-state index in [-0.39, 0.29) is 0 Å². The van der Waals surface area contributed by atoms with E-state index >= 15 is 0 Å². The Morgan fingerprint density at radius 1 is 0.543 bits per heavy atom. The van der Waals surface area contributed by atoms with Crippen LogP contribution in [0.3, 0.4) is 0 Å². The lowest BCUT2D eigenvalue weighted by atomic mass is 9.84. The van der Waals surface area contributed by atoms with E-state index in [1.165, 1.54) is 6.07 Å². The highest BCUT2D eigenvalue weighted by atomic mass is 19.2. The van der Waals surface area contributed by atoms with Gasteiger partial charge in [0.2, 0.25) is 5.70 Å². The van der Waals surface area contributed by atoms with E-state index in [4.69, 9.17) is 19.7 Å². The van der Waals surface area contributed by atoms with Gasteiger partial charge in [-0.25, -0.2) is 25.1 Å². The number of benzene rings is 1. The summed E-state index contributed by atoms with van der Waals surface area (Å²) in [5.41, 5.74) is -9.08. The van der Waals surface area contributed by atoms with Crippen molar-refractivity contribution in [1.82, 2.24) is 29.9 Å². The molecule has 18 heteroatoms. The van der Waals surface area contributed by atoms with Crippen LogP contribution in [0.2, 0.25) is 0 Å². The summed E-state index contributed by atoms with van der Waals surface area (Å²) in [6.45, 7) is 23.0. The van der Waals surface area contributed by atoms with Gasteiger partial charge in [-0.1, -0.05) is 0 Å². The van der Waals surface area contributed by atoms with Gasteiger partial charge in [-0.15, -0.1) is 0 Å². The molecule has 210 valence electrons. The molecule has 14 nitrogen and oxygen atoms in total. The first kappa shape index (κ1) is 29.3. The minimum Gasteiger partial charge on any atom is -0.237 e. The second kappa shape index (κ2) is 10.9. The fraction of sp³-hybridized carbons (Fsp3) is 0. The van der Waals surface area contributed by atoms with Crippen molar-refractivity contribution < 1.29 is 17.6 Å². The lowest BCUT2D eigenvalue weighted by molar-refractivity contribution is 0.451. The first-order chi connectivity index (χ1) is 22.1. The molecule has 0 N–H and O–H groups in total. The SMILES string of the molecule is [C-]#[N+]C1=C(c2nc(F)nc(F)n2)/C(=C(/C#N)[N+]#[C-])c2c(C#N)c3c(c(C#N)c21)/C(=C(/C#N)[N+]#[C-])C(c1nc(F)nc(F)n1)=C3C#N. The fourth-order valence-corrected chi connectivity index (χ4v) is 4.99. The van der Waals surface area contributed by atoms with E-state index in [2.05, 4.69) is 44.4 Å². The molecule has 0 bridgehead atoms. The van der Waals surface area contributed by atoms with Crippen molar-refractivity contribution in [2.75, 3.05) is 0 Å². The quantitative estimate of drug-likeness (QED) is 0.231. The molecule has 0 unspecified atom stereocenters. The van der Waals surface area contributed by atoms with Crippen molar-refractivity contribution in [1.29, 1.82) is 26.3 Å². The van der Waals surface area contributed by atoms with E-state index in [0.29, 0.717) is 0 Å². The maximum atomic E-state index is 14.2. The molecule has 2 aliphatic rings. The number of nitriles is 5. The number of rotatable bonds is 2. The van der Waals surface area contributed by atoms with Gasteiger partial charge in [-0.05, 0) is 11.1 Å². The van der Waals surface area contributed by atoms with Crippen molar-refractivity contribution >= 4 is 33.6 Å². The molecule has 2 heterocycles. The van der Waals surface area contributed by atoms with Crippen molar-refractivity contribution in [2.24, 2.45) is 0 Å². The number of hydrogen-bond donors (Lipinski definition) is 0. The van der Waals surface area contributed by atoms with Crippen LogP contribution >= 0.6 is 0 Å². The molecule has 0 radical (unpaired) electrons. The number of allylic oxidation sites excluding steroid dienone is 7. The van der Waals surface area contributed by atoms with E-state index in [1.807, 2.05) is 0 Å². The van der Waals surface area contributed by atoms with Crippen LogP contribution in [-0.4, -0.2) is 29.9 Å². The number of halogens is 4. The first-order valence-electron chi connectivity index (χ1n) is 11.6. The topological polar surface area (TPSA) is 209 Å². The maximum Gasteiger partial charge on any atom is 0.314 e. The molecule has 5 rings (SSSR count). The second-order valence-corrected chi connectivity index (χ2v) is 8.46. The first-order valence-corrected chi connectivity index (χ1v) is 11.6. The van der Waals surface area contributed by atoms with E-state index < -0.39 is 114 Å². The van der Waals surface area contributed by atoms with Crippen LogP contribution in [0.4, 0.5) is 17.6 Å². The van der Waals surface area contributed by atoms with E-state index in [1.54, 1.807) is 24.3 Å². The maximum absolute atomic E-state index is 14.2. The van der Waals surface area contributed by atoms with Crippen LogP contribution in [-0.2, 0) is 0 Å². The average molecular weight is 608 g/mol. The van der Waals surface area contributed by atoms with Gasteiger partial charge in [-0.3, -0.25) is 0 Å². The molecule has 0 aliphatic heterocycles. The molecule has 0 atom stereocenters. The number of hydrogen-bond acceptors (Lipinski definition) is 11. The summed E-state index contributed by atoms with van der Waals surface area (Å²) in [6, 6.07) is 8.27. The Bertz CT molecular complexity index is 2260. The van der Waals surface area contributed by atoms with Crippen LogP contribution in [0.15, 0.2) is 11.4 Å². The summed E-state index contributed by atoms with van der Waals surface area (Å²) >= 11 is 0. The fourth-order valence-electron chi connectivity index (χ4n) is 4.99. The second-order valence-electron chi connectivity index (χ2n) is 8.46. The molecular formula is C28F4N14. The van der Waals surface area contributed by atoms with Crippen LogP contribution in [0.5, 0.6) is 0 Å². The summed E-state index contributed by atoms with van der Waals surface area (Å²) < 4.78 is 56.7. The largest absolute Gasteiger partial charge is 0.314 e. The third-order valence-electron chi connectivity index (χ3n) is 6.44. The van der Waals surface area contributed by atoms with Gasteiger partial charge in [0.15, 0.2) is 11.6 Å². The zero-order valence-electron chi connectivity index (χ0n) is 21.8. The molecule has 2 aliphatic carbocycles. The number of fused-ring (bicyclic) bond motifs is 2. The summed E-state index contributed by atoms with van der Waals surface area (Å²) in [7, 11) is 0. The third kappa shape index (κ3) is 4.03. The molecule has 0 amide bonds. The third-order valence-corrected chi connectivity index (χ3v) is 6.44. The van der Waals surface area contributed by atoms with Gasteiger partial charge >= 0.3 is 24.3 Å². The number of nitrogens with zero attached hydrogens (tertiary/aromatic N) is 14. The van der Waals surface area contributed by atoms with Crippen molar-refractivity contribution in [3.05, 3.63) is 115 Å². The Kier molecular flexibility index (Phi) is 6.96. The molecule has 1 aromatic carbocycles.